The lowest BCUT2D eigenvalue weighted by Gasteiger charge is -2.15. The predicted octanol–water partition coefficient (Wildman–Crippen LogP) is 0.151. The number of hydrogen-bond donors (Lipinski definition) is 2. The highest BCUT2D eigenvalue weighted by molar-refractivity contribution is 8.00. The molecule has 1 amide bonds. The molecule has 0 spiro atoms. The lowest BCUT2D eigenvalue weighted by atomic mass is 10.2. The Balaban J connectivity index is 1.93. The van der Waals surface area contributed by atoms with E-state index in [1.165, 1.54) is 11.8 Å². The van der Waals surface area contributed by atoms with Gasteiger partial charge in [0.05, 0.1) is 16.8 Å². The Hall–Kier alpha value is -1.35. The molecule has 2 atom stereocenters. The lowest BCUT2D eigenvalue weighted by Crippen LogP contribution is -2.40. The number of carbonyl (C=O) groups is 1. The van der Waals surface area contributed by atoms with Gasteiger partial charge in [-0.1, -0.05) is 11.8 Å². The molecule has 0 aromatic carbocycles. The highest BCUT2D eigenvalue weighted by Crippen LogP contribution is 2.21. The molecule has 2 heterocycles. The van der Waals surface area contributed by atoms with Gasteiger partial charge in [0.1, 0.15) is 5.82 Å². The maximum atomic E-state index is 12.1. The maximum Gasteiger partial charge on any atom is 0.233 e. The number of anilines is 1. The van der Waals surface area contributed by atoms with Crippen LogP contribution in [0.25, 0.3) is 0 Å². The molecular weight excluding hydrogens is 312 g/mol. The van der Waals surface area contributed by atoms with Crippen molar-refractivity contribution in [3.63, 3.8) is 0 Å². The Morgan fingerprint density at radius 1 is 1.52 bits per heavy atom. The SMILES string of the molecule is Cc1cc(N)nc(S[C@@H](C)C(=O)N[C@H]2CCS(=O)(=O)C2)n1. The van der Waals surface area contributed by atoms with E-state index < -0.39 is 15.1 Å². The number of rotatable bonds is 4. The van der Waals surface area contributed by atoms with Crippen LogP contribution < -0.4 is 11.1 Å². The van der Waals surface area contributed by atoms with Crippen molar-refractivity contribution in [1.82, 2.24) is 15.3 Å². The summed E-state index contributed by atoms with van der Waals surface area (Å²) in [7, 11) is -3.00. The van der Waals surface area contributed by atoms with E-state index in [1.807, 2.05) is 0 Å². The van der Waals surface area contributed by atoms with Crippen molar-refractivity contribution in [2.24, 2.45) is 0 Å². The van der Waals surface area contributed by atoms with Gasteiger partial charge in [-0.05, 0) is 20.3 Å². The summed E-state index contributed by atoms with van der Waals surface area (Å²) in [5.41, 5.74) is 6.38. The first-order valence-electron chi connectivity index (χ1n) is 6.54. The topological polar surface area (TPSA) is 115 Å². The molecule has 1 aromatic rings. The number of thioether (sulfide) groups is 1. The van der Waals surface area contributed by atoms with Crippen molar-refractivity contribution in [2.75, 3.05) is 17.2 Å². The Morgan fingerprint density at radius 2 is 2.24 bits per heavy atom. The van der Waals surface area contributed by atoms with Gasteiger partial charge < -0.3 is 11.1 Å². The van der Waals surface area contributed by atoms with Gasteiger partial charge in [0.15, 0.2) is 15.0 Å². The molecule has 1 aliphatic heterocycles. The molecule has 1 saturated heterocycles. The van der Waals surface area contributed by atoms with E-state index in [9.17, 15) is 13.2 Å². The number of nitrogens with zero attached hydrogens (tertiary/aromatic N) is 2. The standard InChI is InChI=1S/C12H18N4O3S2/c1-7-5-10(13)16-12(14-7)20-8(2)11(17)15-9-3-4-21(18,19)6-9/h5,8-9H,3-4,6H2,1-2H3,(H,15,17)(H2,13,14,16)/t8-,9-/m0/s1. The highest BCUT2D eigenvalue weighted by atomic mass is 32.2. The summed E-state index contributed by atoms with van der Waals surface area (Å²) >= 11 is 1.20. The Bertz CT molecular complexity index is 628. The van der Waals surface area contributed by atoms with Crippen LogP contribution in [0.3, 0.4) is 0 Å². The van der Waals surface area contributed by atoms with E-state index in [2.05, 4.69) is 15.3 Å². The van der Waals surface area contributed by atoms with Gasteiger partial charge in [0.2, 0.25) is 5.91 Å². The van der Waals surface area contributed by atoms with Gasteiger partial charge in [-0.15, -0.1) is 0 Å². The molecule has 0 bridgehead atoms. The number of hydrogen-bond acceptors (Lipinski definition) is 7. The highest BCUT2D eigenvalue weighted by Gasteiger charge is 2.30. The molecule has 1 fully saturated rings. The van der Waals surface area contributed by atoms with Crippen molar-refractivity contribution < 1.29 is 13.2 Å². The molecule has 0 aliphatic carbocycles. The van der Waals surface area contributed by atoms with Gasteiger partial charge in [-0.3, -0.25) is 4.79 Å². The Labute approximate surface area is 128 Å². The monoisotopic (exact) mass is 330 g/mol. The van der Waals surface area contributed by atoms with E-state index in [0.717, 1.165) is 5.69 Å². The van der Waals surface area contributed by atoms with Crippen LogP contribution in [0.2, 0.25) is 0 Å². The molecule has 7 nitrogen and oxygen atoms in total. The molecule has 3 N–H and O–H groups in total. The molecule has 2 rings (SSSR count). The smallest absolute Gasteiger partial charge is 0.233 e. The second-order valence-electron chi connectivity index (χ2n) is 5.09. The van der Waals surface area contributed by atoms with Crippen LogP contribution in [-0.4, -0.2) is 47.1 Å². The van der Waals surface area contributed by atoms with Crippen LogP contribution in [0.15, 0.2) is 11.2 Å². The second-order valence-corrected chi connectivity index (χ2v) is 8.62. The molecule has 1 aromatic heterocycles. The van der Waals surface area contributed by atoms with Crippen molar-refractivity contribution in [1.29, 1.82) is 0 Å². The van der Waals surface area contributed by atoms with Crippen molar-refractivity contribution in [3.05, 3.63) is 11.8 Å². The summed E-state index contributed by atoms with van der Waals surface area (Å²) in [4.78, 5) is 20.3. The van der Waals surface area contributed by atoms with Crippen LogP contribution in [-0.2, 0) is 14.6 Å². The van der Waals surface area contributed by atoms with Crippen LogP contribution >= 0.6 is 11.8 Å². The largest absolute Gasteiger partial charge is 0.384 e. The van der Waals surface area contributed by atoms with Crippen LogP contribution in [0, 0.1) is 6.92 Å². The van der Waals surface area contributed by atoms with E-state index in [-0.39, 0.29) is 23.5 Å². The van der Waals surface area contributed by atoms with Gasteiger partial charge in [0, 0.05) is 17.8 Å². The van der Waals surface area contributed by atoms with Crippen LogP contribution in [0.4, 0.5) is 5.82 Å². The normalized spacial score (nSPS) is 21.9. The van der Waals surface area contributed by atoms with Gasteiger partial charge in [-0.2, -0.15) is 0 Å². The van der Waals surface area contributed by atoms with Crippen LogP contribution in [0.5, 0.6) is 0 Å². The summed E-state index contributed by atoms with van der Waals surface area (Å²) in [6.07, 6.45) is 0.472. The molecule has 0 unspecified atom stereocenters. The molecule has 0 saturated carbocycles. The zero-order chi connectivity index (χ0) is 15.6. The lowest BCUT2D eigenvalue weighted by molar-refractivity contribution is -0.120. The second kappa shape index (κ2) is 6.18. The first kappa shape index (κ1) is 16.0. The molecule has 1 aliphatic rings. The maximum absolute atomic E-state index is 12.1. The molecule has 21 heavy (non-hydrogen) atoms. The number of nitrogens with one attached hydrogen (secondary N) is 1. The van der Waals surface area contributed by atoms with E-state index in [1.54, 1.807) is 19.9 Å². The molecule has 116 valence electrons. The fraction of sp³-hybridized carbons (Fsp3) is 0.583. The minimum Gasteiger partial charge on any atom is -0.384 e. The number of nitrogen functional groups attached to an aromatic ring is 1. The Kier molecular flexibility index (Phi) is 4.72. The first-order chi connectivity index (χ1) is 9.75. The number of aromatic nitrogens is 2. The van der Waals surface area contributed by atoms with Gasteiger partial charge >= 0.3 is 0 Å². The predicted molar refractivity (Wildman–Crippen MR) is 81.7 cm³/mol. The van der Waals surface area contributed by atoms with Crippen molar-refractivity contribution in [2.45, 2.75) is 36.7 Å². The van der Waals surface area contributed by atoms with Crippen molar-refractivity contribution >= 4 is 33.3 Å². The number of nitrogens with two attached hydrogens (primary N) is 1. The number of sulfone groups is 1. The summed E-state index contributed by atoms with van der Waals surface area (Å²) < 4.78 is 22.7. The number of aryl methyl sites for hydroxylation is 1. The van der Waals surface area contributed by atoms with E-state index in [0.29, 0.717) is 17.4 Å². The van der Waals surface area contributed by atoms with Gasteiger partial charge in [-0.25, -0.2) is 18.4 Å². The minimum atomic E-state index is -3.00. The quantitative estimate of drug-likeness (QED) is 0.596. The zero-order valence-corrected chi connectivity index (χ0v) is 13.5. The van der Waals surface area contributed by atoms with Crippen LogP contribution in [0.1, 0.15) is 19.0 Å². The molecule has 0 radical (unpaired) electrons. The fourth-order valence-corrected chi connectivity index (χ4v) is 4.58. The summed E-state index contributed by atoms with van der Waals surface area (Å²) in [5, 5.41) is 2.78. The summed E-state index contributed by atoms with van der Waals surface area (Å²) in [5.74, 6) is 0.298. The van der Waals surface area contributed by atoms with E-state index >= 15 is 0 Å². The third-order valence-corrected chi connectivity index (χ3v) is 5.81. The van der Waals surface area contributed by atoms with Gasteiger partial charge in [0.25, 0.3) is 0 Å². The van der Waals surface area contributed by atoms with Crippen molar-refractivity contribution in [3.8, 4) is 0 Å². The Morgan fingerprint density at radius 3 is 2.81 bits per heavy atom. The third kappa shape index (κ3) is 4.57. The number of amides is 1. The average molecular weight is 330 g/mol. The fourth-order valence-electron chi connectivity index (χ4n) is 2.06. The molecular formula is C12H18N4O3S2. The minimum absolute atomic E-state index is 0.0179. The zero-order valence-electron chi connectivity index (χ0n) is 11.9. The average Bonchev–Trinajstić information content (AvgIpc) is 2.67. The van der Waals surface area contributed by atoms with E-state index in [4.69, 9.17) is 5.73 Å². The summed E-state index contributed by atoms with van der Waals surface area (Å²) in [6.45, 7) is 3.53. The summed E-state index contributed by atoms with van der Waals surface area (Å²) in [6, 6.07) is 1.35. The first-order valence-corrected chi connectivity index (χ1v) is 9.24. The number of carbonyl (C=O) groups excluding carboxylic acids is 1. The molecule has 9 heteroatoms. The third-order valence-electron chi connectivity index (χ3n) is 3.08.